The molecule has 0 nitrogen and oxygen atoms in total. The van der Waals surface area contributed by atoms with Crippen LogP contribution in [0.15, 0.2) is 18.2 Å². The molecule has 16 heavy (non-hydrogen) atoms. The number of hydrogen-bond donors (Lipinski definition) is 0. The average molecular weight is 241 g/mol. The van der Waals surface area contributed by atoms with E-state index in [0.717, 1.165) is 0 Å². The molecule has 0 aliphatic heterocycles. The van der Waals surface area contributed by atoms with Gasteiger partial charge in [-0.1, -0.05) is 13.0 Å². The van der Waals surface area contributed by atoms with E-state index in [1.54, 1.807) is 0 Å². The molecule has 0 aromatic heterocycles. The summed E-state index contributed by atoms with van der Waals surface area (Å²) in [4.78, 5) is 0. The molecule has 1 aromatic carbocycles. The third-order valence-electron chi connectivity index (χ3n) is 1.94. The second-order valence-electron chi connectivity index (χ2n) is 3.13. The Labute approximate surface area is 87.9 Å². The fraction of sp³-hybridized carbons (Fsp3) is 0.300. The molecule has 1 rings (SSSR count). The lowest BCUT2D eigenvalue weighted by molar-refractivity contribution is -0.143. The zero-order valence-corrected chi connectivity index (χ0v) is 8.08. The van der Waals surface area contributed by atoms with Gasteiger partial charge in [0.05, 0.1) is 0 Å². The van der Waals surface area contributed by atoms with Crippen LogP contribution in [0.3, 0.4) is 0 Å². The maximum absolute atomic E-state index is 12.3. The molecule has 0 aliphatic rings. The minimum atomic E-state index is -4.78. The summed E-state index contributed by atoms with van der Waals surface area (Å²) < 4.78 is 73.7. The van der Waals surface area contributed by atoms with Gasteiger partial charge in [0, 0.05) is 11.1 Å². The Kier molecular flexibility index (Phi) is 3.12. The van der Waals surface area contributed by atoms with Gasteiger partial charge in [-0.05, 0) is 0 Å². The molecular formula is C10H7F6-. The molecule has 90 valence electrons. The molecule has 0 unspecified atom stereocenters. The van der Waals surface area contributed by atoms with Gasteiger partial charge >= 0.3 is 12.4 Å². The molecule has 0 bridgehead atoms. The summed E-state index contributed by atoms with van der Waals surface area (Å²) in [7, 11) is 0. The van der Waals surface area contributed by atoms with Crippen molar-refractivity contribution >= 4 is 0 Å². The van der Waals surface area contributed by atoms with Crippen LogP contribution < -0.4 is 0 Å². The van der Waals surface area contributed by atoms with Crippen LogP contribution >= 0.6 is 0 Å². The van der Waals surface area contributed by atoms with Crippen molar-refractivity contribution in [1.29, 1.82) is 0 Å². The summed E-state index contributed by atoms with van der Waals surface area (Å²) in [5, 5.41) is 0. The summed E-state index contributed by atoms with van der Waals surface area (Å²) in [5.41, 5.74) is -2.70. The molecule has 0 heterocycles. The van der Waals surface area contributed by atoms with Crippen molar-refractivity contribution < 1.29 is 26.3 Å². The lowest BCUT2D eigenvalue weighted by Gasteiger charge is -2.18. The van der Waals surface area contributed by atoms with E-state index in [2.05, 4.69) is 0 Å². The normalized spacial score (nSPS) is 12.7. The van der Waals surface area contributed by atoms with E-state index in [-0.39, 0.29) is 11.6 Å². The average Bonchev–Trinajstić information content (AvgIpc) is 2.14. The first-order valence-corrected chi connectivity index (χ1v) is 4.23. The van der Waals surface area contributed by atoms with Crippen molar-refractivity contribution in [3.05, 3.63) is 41.3 Å². The standard InChI is InChI=1S/C10H7F6/c1-2-6-3-7(9(11,12)13)5-8(4-6)10(14,15)16/h2-5H,1H3/q-1. The Hall–Kier alpha value is -1.33. The summed E-state index contributed by atoms with van der Waals surface area (Å²) in [6, 6.07) is 1.46. The van der Waals surface area contributed by atoms with Crippen molar-refractivity contribution in [3.63, 3.8) is 0 Å². The van der Waals surface area contributed by atoms with Crippen LogP contribution in [0.4, 0.5) is 26.3 Å². The zero-order valence-electron chi connectivity index (χ0n) is 8.08. The zero-order chi connectivity index (χ0) is 12.6. The SMILES string of the molecule is C[CH-]c1cc(C(F)(F)F)cc(C(F)(F)F)c1. The molecule has 0 fully saturated rings. The topological polar surface area (TPSA) is 0 Å². The molecule has 0 atom stereocenters. The van der Waals surface area contributed by atoms with E-state index in [1.807, 2.05) is 0 Å². The summed E-state index contributed by atoms with van der Waals surface area (Å²) >= 11 is 0. The maximum atomic E-state index is 12.3. The predicted octanol–water partition coefficient (Wildman–Crippen LogP) is 4.30. The highest BCUT2D eigenvalue weighted by atomic mass is 19.4. The predicted molar refractivity (Wildman–Crippen MR) is 45.5 cm³/mol. The fourth-order valence-corrected chi connectivity index (χ4v) is 1.15. The molecule has 0 saturated carbocycles. The molecule has 0 radical (unpaired) electrons. The lowest BCUT2D eigenvalue weighted by Crippen LogP contribution is -2.11. The first kappa shape index (κ1) is 12.7. The Bertz CT molecular complexity index is 342. The van der Waals surface area contributed by atoms with Gasteiger partial charge in [-0.3, -0.25) is 0 Å². The van der Waals surface area contributed by atoms with Gasteiger partial charge < -0.3 is 0 Å². The van der Waals surface area contributed by atoms with Crippen molar-refractivity contribution in [3.8, 4) is 0 Å². The largest absolute Gasteiger partial charge is 0.405 e. The van der Waals surface area contributed by atoms with Crippen molar-refractivity contribution in [2.24, 2.45) is 0 Å². The van der Waals surface area contributed by atoms with E-state index in [4.69, 9.17) is 0 Å². The lowest BCUT2D eigenvalue weighted by atomic mass is 10.0. The second-order valence-corrected chi connectivity index (χ2v) is 3.13. The van der Waals surface area contributed by atoms with Crippen molar-refractivity contribution in [2.75, 3.05) is 0 Å². The van der Waals surface area contributed by atoms with E-state index >= 15 is 0 Å². The molecule has 6 heteroatoms. The van der Waals surface area contributed by atoms with Gasteiger partial charge in [0.2, 0.25) is 0 Å². The third kappa shape index (κ3) is 2.84. The molecule has 0 amide bonds. The molecule has 1 aromatic rings. The smallest absolute Gasteiger partial charge is 0.191 e. The Morgan fingerprint density at radius 3 is 1.44 bits per heavy atom. The third-order valence-corrected chi connectivity index (χ3v) is 1.94. The van der Waals surface area contributed by atoms with Gasteiger partial charge in [0.1, 0.15) is 0 Å². The van der Waals surface area contributed by atoms with E-state index in [1.165, 1.54) is 13.3 Å². The van der Waals surface area contributed by atoms with Gasteiger partial charge in [0.15, 0.2) is 0 Å². The van der Waals surface area contributed by atoms with Gasteiger partial charge in [-0.15, -0.1) is 0 Å². The number of alkyl halides is 6. The van der Waals surface area contributed by atoms with Crippen LogP contribution in [-0.4, -0.2) is 0 Å². The summed E-state index contributed by atoms with van der Waals surface area (Å²) in [5.74, 6) is 0. The minimum absolute atomic E-state index is 0.104. The maximum Gasteiger partial charge on any atom is 0.405 e. The second kappa shape index (κ2) is 3.92. The van der Waals surface area contributed by atoms with Crippen LogP contribution in [0.5, 0.6) is 0 Å². The number of rotatable bonds is 1. The molecule has 0 spiro atoms. The summed E-state index contributed by atoms with van der Waals surface area (Å²) in [6.07, 6.45) is -8.37. The highest BCUT2D eigenvalue weighted by Gasteiger charge is 2.33. The van der Waals surface area contributed by atoms with Crippen molar-refractivity contribution in [1.82, 2.24) is 0 Å². The van der Waals surface area contributed by atoms with Crippen LogP contribution in [-0.2, 0) is 12.4 Å². The highest BCUT2D eigenvalue weighted by Crippen LogP contribution is 2.36. The first-order valence-electron chi connectivity index (χ1n) is 4.23. The minimum Gasteiger partial charge on any atom is -0.191 e. The van der Waals surface area contributed by atoms with Gasteiger partial charge in [0.25, 0.3) is 0 Å². The fourth-order valence-electron chi connectivity index (χ4n) is 1.15. The van der Waals surface area contributed by atoms with E-state index in [9.17, 15) is 26.3 Å². The first-order chi connectivity index (χ1) is 7.14. The Morgan fingerprint density at radius 2 is 1.19 bits per heavy atom. The number of halogens is 6. The quantitative estimate of drug-likeness (QED) is 0.508. The number of hydrogen-bond acceptors (Lipinski definition) is 0. The molecule has 0 saturated heterocycles. The summed E-state index contributed by atoms with van der Waals surface area (Å²) in [6.45, 7) is 1.37. The number of benzene rings is 1. The highest BCUT2D eigenvalue weighted by molar-refractivity contribution is 5.36. The molecule has 0 aliphatic carbocycles. The molecule has 0 N–H and O–H groups in total. The Morgan fingerprint density at radius 1 is 0.812 bits per heavy atom. The van der Waals surface area contributed by atoms with E-state index < -0.39 is 23.5 Å². The Balaban J connectivity index is 3.33. The van der Waals surface area contributed by atoms with Crippen LogP contribution in [0.1, 0.15) is 23.6 Å². The van der Waals surface area contributed by atoms with E-state index in [0.29, 0.717) is 12.1 Å². The molecular weight excluding hydrogens is 234 g/mol. The van der Waals surface area contributed by atoms with Crippen molar-refractivity contribution in [2.45, 2.75) is 19.3 Å². The monoisotopic (exact) mass is 241 g/mol. The van der Waals surface area contributed by atoms with Gasteiger partial charge in [-0.25, -0.2) is 0 Å². The van der Waals surface area contributed by atoms with Crippen LogP contribution in [0.25, 0.3) is 0 Å². The van der Waals surface area contributed by atoms with Crippen LogP contribution in [0, 0.1) is 6.42 Å². The van der Waals surface area contributed by atoms with Gasteiger partial charge in [-0.2, -0.15) is 50.5 Å². The van der Waals surface area contributed by atoms with Crippen LogP contribution in [0.2, 0.25) is 0 Å².